The lowest BCUT2D eigenvalue weighted by Crippen LogP contribution is -2.11. The molecule has 0 aliphatic rings. The van der Waals surface area contributed by atoms with Crippen LogP contribution in [0.2, 0.25) is 0 Å². The lowest BCUT2D eigenvalue weighted by Gasteiger charge is -2.09. The highest BCUT2D eigenvalue weighted by atomic mass is 16.5. The molecule has 1 unspecified atom stereocenters. The summed E-state index contributed by atoms with van der Waals surface area (Å²) in [4.78, 5) is 4.38. The summed E-state index contributed by atoms with van der Waals surface area (Å²) >= 11 is 0. The molecular formula is C15H21N3O. The highest BCUT2D eigenvalue weighted by Gasteiger charge is 2.10. The Bertz CT molecular complexity index is 481. The van der Waals surface area contributed by atoms with E-state index in [-0.39, 0.29) is 6.04 Å². The van der Waals surface area contributed by atoms with Gasteiger partial charge in [-0.2, -0.15) is 4.98 Å². The predicted molar refractivity (Wildman–Crippen MR) is 74.6 cm³/mol. The molecule has 0 fully saturated rings. The molecule has 2 N–H and O–H groups in total. The van der Waals surface area contributed by atoms with E-state index in [0.717, 1.165) is 43.5 Å². The number of benzene rings is 1. The number of nitrogens with zero attached hydrogens (tertiary/aromatic N) is 2. The van der Waals surface area contributed by atoms with Gasteiger partial charge in [-0.15, -0.1) is 0 Å². The van der Waals surface area contributed by atoms with Gasteiger partial charge >= 0.3 is 0 Å². The van der Waals surface area contributed by atoms with Crippen LogP contribution in [0.15, 0.2) is 34.9 Å². The zero-order chi connectivity index (χ0) is 13.5. The van der Waals surface area contributed by atoms with Gasteiger partial charge in [-0.1, -0.05) is 48.8 Å². The van der Waals surface area contributed by atoms with Crippen LogP contribution < -0.4 is 5.73 Å². The molecule has 4 heteroatoms. The first-order valence-electron chi connectivity index (χ1n) is 6.91. The van der Waals surface area contributed by atoms with Gasteiger partial charge in [-0.25, -0.2) is 0 Å². The van der Waals surface area contributed by atoms with Crippen molar-refractivity contribution in [2.75, 3.05) is 0 Å². The van der Waals surface area contributed by atoms with E-state index in [0.29, 0.717) is 5.89 Å². The van der Waals surface area contributed by atoms with Crippen molar-refractivity contribution < 1.29 is 4.52 Å². The van der Waals surface area contributed by atoms with E-state index in [1.807, 2.05) is 30.3 Å². The van der Waals surface area contributed by atoms with Crippen LogP contribution in [0.25, 0.3) is 0 Å². The van der Waals surface area contributed by atoms with Crippen LogP contribution in [0.4, 0.5) is 0 Å². The third-order valence-electron chi connectivity index (χ3n) is 3.16. The molecule has 1 heterocycles. The number of hydrogen-bond acceptors (Lipinski definition) is 4. The zero-order valence-corrected chi connectivity index (χ0v) is 11.4. The second-order valence-corrected chi connectivity index (χ2v) is 4.76. The molecule has 1 aromatic carbocycles. The summed E-state index contributed by atoms with van der Waals surface area (Å²) in [6.45, 7) is 2.15. The Balaban J connectivity index is 1.83. The summed E-state index contributed by atoms with van der Waals surface area (Å²) < 4.78 is 5.23. The number of nitrogens with two attached hydrogens (primary N) is 1. The summed E-state index contributed by atoms with van der Waals surface area (Å²) in [5, 5.41) is 3.98. The largest absolute Gasteiger partial charge is 0.339 e. The first-order valence-corrected chi connectivity index (χ1v) is 6.91. The van der Waals surface area contributed by atoms with Gasteiger partial charge in [0.1, 0.15) is 0 Å². The van der Waals surface area contributed by atoms with Crippen LogP contribution in [-0.2, 0) is 12.8 Å². The highest BCUT2D eigenvalue weighted by Crippen LogP contribution is 2.15. The van der Waals surface area contributed by atoms with Crippen molar-refractivity contribution in [3.8, 4) is 0 Å². The Hall–Kier alpha value is -1.68. The van der Waals surface area contributed by atoms with Gasteiger partial charge in [0.15, 0.2) is 5.82 Å². The molecule has 0 saturated carbocycles. The molecule has 0 saturated heterocycles. The quantitative estimate of drug-likeness (QED) is 0.830. The molecule has 1 aromatic heterocycles. The van der Waals surface area contributed by atoms with Crippen molar-refractivity contribution in [2.24, 2.45) is 5.73 Å². The molecule has 2 rings (SSSR count). The Labute approximate surface area is 114 Å². The molecule has 102 valence electrons. The van der Waals surface area contributed by atoms with Gasteiger partial charge in [0, 0.05) is 18.9 Å². The third-order valence-corrected chi connectivity index (χ3v) is 3.16. The van der Waals surface area contributed by atoms with Gasteiger partial charge in [0.05, 0.1) is 0 Å². The second-order valence-electron chi connectivity index (χ2n) is 4.76. The molecule has 0 aliphatic heterocycles. The Morgan fingerprint density at radius 1 is 1.21 bits per heavy atom. The van der Waals surface area contributed by atoms with Crippen LogP contribution in [0.5, 0.6) is 0 Å². The van der Waals surface area contributed by atoms with E-state index in [1.54, 1.807) is 0 Å². The zero-order valence-electron chi connectivity index (χ0n) is 11.4. The third kappa shape index (κ3) is 4.17. The normalized spacial score (nSPS) is 12.5. The van der Waals surface area contributed by atoms with Gasteiger partial charge < -0.3 is 10.3 Å². The molecule has 4 nitrogen and oxygen atoms in total. The van der Waals surface area contributed by atoms with E-state index in [4.69, 9.17) is 10.3 Å². The van der Waals surface area contributed by atoms with Crippen LogP contribution >= 0.6 is 0 Å². The van der Waals surface area contributed by atoms with E-state index >= 15 is 0 Å². The van der Waals surface area contributed by atoms with E-state index < -0.39 is 0 Å². The summed E-state index contributed by atoms with van der Waals surface area (Å²) in [5.74, 6) is 1.50. The fourth-order valence-electron chi connectivity index (χ4n) is 1.97. The Kier molecular flexibility index (Phi) is 5.10. The average Bonchev–Trinajstić information content (AvgIpc) is 2.91. The molecule has 0 spiro atoms. The molecular weight excluding hydrogens is 238 g/mol. The van der Waals surface area contributed by atoms with Crippen molar-refractivity contribution in [3.63, 3.8) is 0 Å². The maximum atomic E-state index is 6.14. The van der Waals surface area contributed by atoms with Crippen LogP contribution in [0.3, 0.4) is 0 Å². The topological polar surface area (TPSA) is 64.9 Å². The van der Waals surface area contributed by atoms with Gasteiger partial charge in [-0.3, -0.25) is 0 Å². The molecule has 0 bridgehead atoms. The predicted octanol–water partition coefficient (Wildman–Crippen LogP) is 3.04. The minimum atomic E-state index is 0.0205. The molecule has 19 heavy (non-hydrogen) atoms. The minimum Gasteiger partial charge on any atom is -0.339 e. The Morgan fingerprint density at radius 3 is 2.74 bits per heavy atom. The summed E-state index contributed by atoms with van der Waals surface area (Å²) in [7, 11) is 0. The minimum absolute atomic E-state index is 0.0205. The lowest BCUT2D eigenvalue weighted by atomic mass is 10.0. The van der Waals surface area contributed by atoms with E-state index in [9.17, 15) is 0 Å². The fraction of sp³-hybridized carbons (Fsp3) is 0.467. The summed E-state index contributed by atoms with van der Waals surface area (Å²) in [6.07, 6.45) is 4.69. The van der Waals surface area contributed by atoms with Crippen molar-refractivity contribution in [1.29, 1.82) is 0 Å². The SMILES string of the molecule is CCCCc1noc(CCC(N)c2ccccc2)n1. The van der Waals surface area contributed by atoms with Crippen molar-refractivity contribution in [2.45, 2.75) is 45.1 Å². The second kappa shape index (κ2) is 7.04. The number of hydrogen-bond donors (Lipinski definition) is 1. The number of rotatable bonds is 7. The number of aryl methyl sites for hydroxylation is 2. The van der Waals surface area contributed by atoms with Gasteiger partial charge in [-0.05, 0) is 18.4 Å². The molecule has 0 aliphatic carbocycles. The average molecular weight is 259 g/mol. The standard InChI is InChI=1S/C15H21N3O/c1-2-3-9-14-17-15(19-18-14)11-10-13(16)12-7-5-4-6-8-12/h4-8,13H,2-3,9-11,16H2,1H3. The number of unbranched alkanes of at least 4 members (excludes halogenated alkanes) is 1. The molecule has 0 radical (unpaired) electrons. The van der Waals surface area contributed by atoms with Crippen molar-refractivity contribution in [3.05, 3.63) is 47.6 Å². The smallest absolute Gasteiger partial charge is 0.226 e. The first-order chi connectivity index (χ1) is 9.29. The maximum Gasteiger partial charge on any atom is 0.226 e. The first kappa shape index (κ1) is 13.7. The highest BCUT2D eigenvalue weighted by molar-refractivity contribution is 5.18. The number of aromatic nitrogens is 2. The van der Waals surface area contributed by atoms with E-state index in [2.05, 4.69) is 17.1 Å². The fourth-order valence-corrected chi connectivity index (χ4v) is 1.97. The summed E-state index contributed by atoms with van der Waals surface area (Å²) in [5.41, 5.74) is 7.29. The van der Waals surface area contributed by atoms with Gasteiger partial charge in [0.25, 0.3) is 0 Å². The van der Waals surface area contributed by atoms with Crippen molar-refractivity contribution >= 4 is 0 Å². The summed E-state index contributed by atoms with van der Waals surface area (Å²) in [6, 6.07) is 10.1. The van der Waals surface area contributed by atoms with Crippen LogP contribution in [0, 0.1) is 0 Å². The lowest BCUT2D eigenvalue weighted by molar-refractivity contribution is 0.366. The van der Waals surface area contributed by atoms with E-state index in [1.165, 1.54) is 0 Å². The maximum absolute atomic E-state index is 6.14. The van der Waals surface area contributed by atoms with Crippen LogP contribution in [-0.4, -0.2) is 10.1 Å². The molecule has 0 amide bonds. The van der Waals surface area contributed by atoms with Crippen LogP contribution in [0.1, 0.15) is 49.5 Å². The van der Waals surface area contributed by atoms with Crippen molar-refractivity contribution in [1.82, 2.24) is 10.1 Å². The Morgan fingerprint density at radius 2 is 2.00 bits per heavy atom. The molecule has 1 atom stereocenters. The van der Waals surface area contributed by atoms with Gasteiger partial charge in [0.2, 0.25) is 5.89 Å². The monoisotopic (exact) mass is 259 g/mol. The molecule has 2 aromatic rings.